The van der Waals surface area contributed by atoms with Gasteiger partial charge in [0.15, 0.2) is 20.6 Å². The summed E-state index contributed by atoms with van der Waals surface area (Å²) in [6.45, 7) is 10.3. The van der Waals surface area contributed by atoms with Crippen LogP contribution in [0, 0.1) is 20.8 Å². The van der Waals surface area contributed by atoms with Crippen molar-refractivity contribution in [1.29, 1.82) is 0 Å². The van der Waals surface area contributed by atoms with Gasteiger partial charge >= 0.3 is 0 Å². The van der Waals surface area contributed by atoms with E-state index in [-0.39, 0.29) is 5.88 Å². The minimum absolute atomic E-state index is 0.137. The molecule has 0 saturated carbocycles. The lowest BCUT2D eigenvalue weighted by Crippen LogP contribution is -2.12. The summed E-state index contributed by atoms with van der Waals surface area (Å²) >= 11 is 1.43. The fourth-order valence-corrected chi connectivity index (χ4v) is 4.99. The number of hydrogen-bond acceptors (Lipinski definition) is 7. The molecular formula is C19H27N5O2S2. The van der Waals surface area contributed by atoms with Crippen LogP contribution in [0.2, 0.25) is 0 Å². The van der Waals surface area contributed by atoms with E-state index in [0.717, 1.165) is 46.1 Å². The smallest absolute Gasteiger partial charge is 0.184 e. The summed E-state index contributed by atoms with van der Waals surface area (Å²) in [5, 5.41) is 8.22. The second-order valence-electron chi connectivity index (χ2n) is 7.22. The number of rotatable bonds is 7. The second-order valence-corrected chi connectivity index (χ2v) is 10.4. The van der Waals surface area contributed by atoms with Gasteiger partial charge in [-0.05, 0) is 45.6 Å². The molecule has 0 amide bonds. The molecule has 0 radical (unpaired) electrons. The van der Waals surface area contributed by atoms with Gasteiger partial charge in [0.2, 0.25) is 0 Å². The molecule has 0 saturated heterocycles. The topological polar surface area (TPSA) is 89.2 Å². The molecule has 0 aliphatic rings. The van der Waals surface area contributed by atoms with Gasteiger partial charge in [0.1, 0.15) is 11.6 Å². The first-order valence-corrected chi connectivity index (χ1v) is 12.3. The van der Waals surface area contributed by atoms with Crippen LogP contribution >= 0.6 is 11.3 Å². The third-order valence-corrected chi connectivity index (χ3v) is 6.62. The van der Waals surface area contributed by atoms with Crippen molar-refractivity contribution >= 4 is 32.0 Å². The zero-order valence-electron chi connectivity index (χ0n) is 17.2. The average molecular weight is 422 g/mol. The van der Waals surface area contributed by atoms with Crippen molar-refractivity contribution in [2.24, 2.45) is 0 Å². The maximum atomic E-state index is 11.4. The van der Waals surface area contributed by atoms with E-state index in [0.29, 0.717) is 11.0 Å². The van der Waals surface area contributed by atoms with E-state index in [1.807, 2.05) is 25.3 Å². The van der Waals surface area contributed by atoms with Crippen molar-refractivity contribution in [1.82, 2.24) is 19.6 Å². The average Bonchev–Trinajstić information content (AvgIpc) is 3.12. The number of hydrogen-bond donors (Lipinski definition) is 1. The summed E-state index contributed by atoms with van der Waals surface area (Å²) < 4.78 is 24.8. The van der Waals surface area contributed by atoms with E-state index in [4.69, 9.17) is 10.1 Å². The molecule has 0 aliphatic heterocycles. The van der Waals surface area contributed by atoms with Crippen LogP contribution in [-0.2, 0) is 9.84 Å². The molecule has 3 heterocycles. The van der Waals surface area contributed by atoms with E-state index in [2.05, 4.69) is 30.2 Å². The van der Waals surface area contributed by atoms with Gasteiger partial charge in [-0.15, -0.1) is 0 Å². The van der Waals surface area contributed by atoms with E-state index < -0.39 is 9.84 Å². The van der Waals surface area contributed by atoms with Gasteiger partial charge < -0.3 is 5.32 Å². The Hall–Kier alpha value is -2.00. The highest BCUT2D eigenvalue weighted by atomic mass is 32.2. The molecule has 152 valence electrons. The van der Waals surface area contributed by atoms with Crippen LogP contribution in [0.3, 0.4) is 0 Å². The van der Waals surface area contributed by atoms with Crippen LogP contribution in [0.1, 0.15) is 55.3 Å². The Balaban J connectivity index is 2.14. The largest absolute Gasteiger partial charge is 0.348 e. The summed E-state index contributed by atoms with van der Waals surface area (Å²) in [6, 6.07) is 2.14. The van der Waals surface area contributed by atoms with Gasteiger partial charge in [0, 0.05) is 11.8 Å². The van der Waals surface area contributed by atoms with Crippen molar-refractivity contribution in [3.8, 4) is 10.6 Å². The number of imidazole rings is 1. The lowest BCUT2D eigenvalue weighted by atomic mass is 9.95. The van der Waals surface area contributed by atoms with Gasteiger partial charge in [0.25, 0.3) is 0 Å². The van der Waals surface area contributed by atoms with Gasteiger partial charge in [-0.25, -0.2) is 22.9 Å². The van der Waals surface area contributed by atoms with E-state index >= 15 is 0 Å². The maximum Gasteiger partial charge on any atom is 0.184 e. The van der Waals surface area contributed by atoms with Crippen LogP contribution < -0.4 is 5.32 Å². The molecule has 0 fully saturated rings. The third kappa shape index (κ3) is 4.05. The molecule has 0 spiro atoms. The standard InChI is InChI=1S/C19H27N5O2S2/c1-7-14(8-2)15-9-11(3)23-24-16(12(4)21-18(15)24)17-13(5)22-19(27-17)20-10-28(6,25)26/h9,14H,7-8,10H2,1-6H3,(H,20,22). The van der Waals surface area contributed by atoms with Crippen LogP contribution in [-0.4, -0.2) is 40.1 Å². The fraction of sp³-hybridized carbons (Fsp3) is 0.526. The molecule has 9 heteroatoms. The molecule has 1 N–H and O–H groups in total. The summed E-state index contributed by atoms with van der Waals surface area (Å²) in [5.74, 6) is 0.301. The number of aromatic nitrogens is 4. The van der Waals surface area contributed by atoms with E-state index in [1.165, 1.54) is 23.2 Å². The van der Waals surface area contributed by atoms with Crippen LogP contribution in [0.5, 0.6) is 0 Å². The molecule has 3 rings (SSSR count). The maximum absolute atomic E-state index is 11.4. The molecule has 0 atom stereocenters. The van der Waals surface area contributed by atoms with Gasteiger partial charge in [-0.2, -0.15) is 5.10 Å². The lowest BCUT2D eigenvalue weighted by molar-refractivity contribution is 0.603. The molecule has 0 bridgehead atoms. The first-order chi connectivity index (χ1) is 13.1. The molecule has 0 aromatic carbocycles. The zero-order chi connectivity index (χ0) is 20.6. The number of nitrogens with one attached hydrogen (secondary N) is 1. The summed E-state index contributed by atoms with van der Waals surface area (Å²) in [6.07, 6.45) is 3.30. The van der Waals surface area contributed by atoms with E-state index in [1.54, 1.807) is 0 Å². The molecular weight excluding hydrogens is 394 g/mol. The fourth-order valence-electron chi connectivity index (χ4n) is 3.45. The van der Waals surface area contributed by atoms with Gasteiger partial charge in [-0.1, -0.05) is 25.2 Å². The van der Waals surface area contributed by atoms with E-state index in [9.17, 15) is 8.42 Å². The predicted molar refractivity (Wildman–Crippen MR) is 115 cm³/mol. The van der Waals surface area contributed by atoms with Crippen LogP contribution in [0.4, 0.5) is 5.13 Å². The lowest BCUT2D eigenvalue weighted by Gasteiger charge is -2.14. The van der Waals surface area contributed by atoms with Gasteiger partial charge in [-0.3, -0.25) is 0 Å². The van der Waals surface area contributed by atoms with Crippen molar-refractivity contribution in [2.75, 3.05) is 17.4 Å². The highest BCUT2D eigenvalue weighted by molar-refractivity contribution is 7.90. The normalized spacial score (nSPS) is 12.2. The van der Waals surface area contributed by atoms with Gasteiger partial charge in [0.05, 0.1) is 22.0 Å². The Labute approximate surface area is 170 Å². The first kappa shape index (κ1) is 20.7. The zero-order valence-corrected chi connectivity index (χ0v) is 18.8. The summed E-state index contributed by atoms with van der Waals surface area (Å²) in [4.78, 5) is 10.3. The Morgan fingerprint density at radius 2 is 1.82 bits per heavy atom. The number of aryl methyl sites for hydroxylation is 3. The summed E-state index contributed by atoms with van der Waals surface area (Å²) in [5.41, 5.74) is 5.72. The number of fused-ring (bicyclic) bond motifs is 1. The van der Waals surface area contributed by atoms with Crippen molar-refractivity contribution < 1.29 is 8.42 Å². The SMILES string of the molecule is CCC(CC)c1cc(C)nn2c(-c3sc(NCS(C)(=O)=O)nc3C)c(C)nc12. The van der Waals surface area contributed by atoms with Crippen LogP contribution in [0.15, 0.2) is 6.07 Å². The minimum atomic E-state index is -3.12. The van der Waals surface area contributed by atoms with Crippen LogP contribution in [0.25, 0.3) is 16.2 Å². The number of sulfone groups is 1. The highest BCUT2D eigenvalue weighted by Crippen LogP contribution is 2.37. The number of nitrogens with zero attached hydrogens (tertiary/aromatic N) is 4. The minimum Gasteiger partial charge on any atom is -0.348 e. The first-order valence-electron chi connectivity index (χ1n) is 9.40. The second kappa shape index (κ2) is 7.79. The Kier molecular flexibility index (Phi) is 5.77. The molecule has 7 nitrogen and oxygen atoms in total. The van der Waals surface area contributed by atoms with Crippen molar-refractivity contribution in [3.05, 3.63) is 28.7 Å². The third-order valence-electron chi connectivity index (χ3n) is 4.83. The monoisotopic (exact) mass is 421 g/mol. The quantitative estimate of drug-likeness (QED) is 0.618. The van der Waals surface area contributed by atoms with Crippen molar-refractivity contribution in [2.45, 2.75) is 53.4 Å². The Morgan fingerprint density at radius 1 is 1.14 bits per heavy atom. The Bertz CT molecular complexity index is 1110. The molecule has 3 aromatic rings. The molecule has 28 heavy (non-hydrogen) atoms. The number of anilines is 1. The van der Waals surface area contributed by atoms with Crippen molar-refractivity contribution in [3.63, 3.8) is 0 Å². The molecule has 3 aromatic heterocycles. The molecule has 0 aliphatic carbocycles. The highest BCUT2D eigenvalue weighted by Gasteiger charge is 2.22. The molecule has 0 unspecified atom stereocenters. The predicted octanol–water partition coefficient (Wildman–Crippen LogP) is 4.10. The summed E-state index contributed by atoms with van der Waals surface area (Å²) in [7, 11) is -3.12. The Morgan fingerprint density at radius 3 is 2.43 bits per heavy atom. The number of thiazole rings is 1.